The van der Waals surface area contributed by atoms with Crippen molar-refractivity contribution in [3.8, 4) is 11.1 Å². The van der Waals surface area contributed by atoms with Gasteiger partial charge in [-0.15, -0.1) is 0 Å². The van der Waals surface area contributed by atoms with Gasteiger partial charge in [-0.05, 0) is 55.0 Å². The van der Waals surface area contributed by atoms with Gasteiger partial charge in [-0.2, -0.15) is 0 Å². The normalized spacial score (nSPS) is 10.7. The molecule has 1 aromatic carbocycles. The minimum absolute atomic E-state index is 0.779. The number of aryl methyl sites for hydroxylation is 2. The van der Waals surface area contributed by atoms with E-state index in [9.17, 15) is 0 Å². The van der Waals surface area contributed by atoms with Crippen molar-refractivity contribution in [3.05, 3.63) is 52.3 Å². The van der Waals surface area contributed by atoms with Gasteiger partial charge in [-0.1, -0.05) is 37.1 Å². The molecule has 2 heteroatoms. The average Bonchev–Trinajstić information content (AvgIpc) is 2.41. The molecule has 2 aromatic rings. The second kappa shape index (κ2) is 6.21. The largest absolute Gasteiger partial charge is 0.264 e. The summed E-state index contributed by atoms with van der Waals surface area (Å²) in [4.78, 5) is 4.23. The van der Waals surface area contributed by atoms with E-state index in [-0.39, 0.29) is 0 Å². The van der Waals surface area contributed by atoms with Gasteiger partial charge < -0.3 is 0 Å². The van der Waals surface area contributed by atoms with Gasteiger partial charge in [-0.25, -0.2) is 0 Å². The Balaban J connectivity index is 2.59. The zero-order chi connectivity index (χ0) is 13.8. The van der Waals surface area contributed by atoms with E-state index in [4.69, 9.17) is 11.6 Å². The fourth-order valence-corrected chi connectivity index (χ4v) is 2.58. The summed E-state index contributed by atoms with van der Waals surface area (Å²) in [7, 11) is 0. The number of benzene rings is 1. The van der Waals surface area contributed by atoms with E-state index in [1.807, 2.05) is 12.3 Å². The number of hydrogen-bond acceptors (Lipinski definition) is 1. The van der Waals surface area contributed by atoms with E-state index in [2.05, 4.69) is 37.9 Å². The predicted octanol–water partition coefficient (Wildman–Crippen LogP) is 5.36. The van der Waals surface area contributed by atoms with Gasteiger partial charge in [0.15, 0.2) is 0 Å². The molecule has 0 spiro atoms. The first-order valence-corrected chi connectivity index (χ1v) is 7.22. The number of nitrogens with zero attached hydrogens (tertiary/aromatic N) is 1. The molecule has 0 radical (unpaired) electrons. The molecule has 100 valence electrons. The highest BCUT2D eigenvalue weighted by atomic mass is 35.5. The van der Waals surface area contributed by atoms with Crippen molar-refractivity contribution in [1.82, 2.24) is 4.98 Å². The van der Waals surface area contributed by atoms with Gasteiger partial charge in [0.05, 0.1) is 5.02 Å². The number of halogens is 1. The van der Waals surface area contributed by atoms with Gasteiger partial charge >= 0.3 is 0 Å². The smallest absolute Gasteiger partial charge is 0.0515 e. The zero-order valence-corrected chi connectivity index (χ0v) is 12.6. The Morgan fingerprint density at radius 2 is 1.95 bits per heavy atom. The molecule has 0 bridgehead atoms. The summed E-state index contributed by atoms with van der Waals surface area (Å²) in [5.74, 6) is 0. The molecular weight excluding hydrogens is 254 g/mol. The molecule has 0 aliphatic heterocycles. The number of hydrogen-bond donors (Lipinski definition) is 0. The van der Waals surface area contributed by atoms with Crippen LogP contribution in [0.15, 0.2) is 30.6 Å². The van der Waals surface area contributed by atoms with E-state index in [0.717, 1.165) is 17.0 Å². The molecular formula is C17H20ClN. The van der Waals surface area contributed by atoms with Crippen molar-refractivity contribution < 1.29 is 0 Å². The van der Waals surface area contributed by atoms with Crippen molar-refractivity contribution >= 4 is 11.6 Å². The molecule has 0 atom stereocenters. The average molecular weight is 274 g/mol. The summed E-state index contributed by atoms with van der Waals surface area (Å²) in [6.07, 6.45) is 7.11. The Bertz CT molecular complexity index is 575. The van der Waals surface area contributed by atoms with Crippen LogP contribution in [0, 0.1) is 13.8 Å². The lowest BCUT2D eigenvalue weighted by molar-refractivity contribution is 0.795. The number of unbranched alkanes of at least 4 members (excludes halogenated alkanes) is 1. The topological polar surface area (TPSA) is 12.9 Å². The molecule has 0 amide bonds. The molecule has 2 rings (SSSR count). The molecule has 0 N–H and O–H groups in total. The third kappa shape index (κ3) is 2.98. The zero-order valence-electron chi connectivity index (χ0n) is 11.8. The second-order valence-corrected chi connectivity index (χ2v) is 5.41. The van der Waals surface area contributed by atoms with E-state index in [1.165, 1.54) is 35.1 Å². The van der Waals surface area contributed by atoms with Crippen LogP contribution in [-0.2, 0) is 6.42 Å². The number of rotatable bonds is 4. The Hall–Kier alpha value is -1.34. The summed E-state index contributed by atoms with van der Waals surface area (Å²) in [5, 5.41) is 0.779. The van der Waals surface area contributed by atoms with Gasteiger partial charge in [0.25, 0.3) is 0 Å². The minimum atomic E-state index is 0.779. The lowest BCUT2D eigenvalue weighted by Gasteiger charge is -2.16. The third-order valence-corrected chi connectivity index (χ3v) is 3.99. The lowest BCUT2D eigenvalue weighted by atomic mass is 9.90. The molecule has 0 aliphatic rings. The second-order valence-electron chi connectivity index (χ2n) is 5.00. The fourth-order valence-electron chi connectivity index (χ4n) is 2.38. The van der Waals surface area contributed by atoms with Crippen molar-refractivity contribution in [2.75, 3.05) is 0 Å². The van der Waals surface area contributed by atoms with Crippen LogP contribution in [0.1, 0.15) is 36.5 Å². The van der Waals surface area contributed by atoms with Crippen LogP contribution in [-0.4, -0.2) is 4.98 Å². The first-order chi connectivity index (χ1) is 9.15. The molecule has 1 aromatic heterocycles. The van der Waals surface area contributed by atoms with Gasteiger partial charge in [0.1, 0.15) is 0 Å². The quantitative estimate of drug-likeness (QED) is 0.731. The number of pyridine rings is 1. The molecule has 0 saturated carbocycles. The maximum atomic E-state index is 6.35. The van der Waals surface area contributed by atoms with Crippen LogP contribution >= 0.6 is 11.6 Å². The maximum Gasteiger partial charge on any atom is 0.0515 e. The molecule has 1 heterocycles. The number of aromatic nitrogens is 1. The summed E-state index contributed by atoms with van der Waals surface area (Å²) >= 11 is 6.35. The van der Waals surface area contributed by atoms with Gasteiger partial charge in [0.2, 0.25) is 0 Å². The van der Waals surface area contributed by atoms with Crippen molar-refractivity contribution in [2.45, 2.75) is 40.0 Å². The van der Waals surface area contributed by atoms with Crippen molar-refractivity contribution in [3.63, 3.8) is 0 Å². The van der Waals surface area contributed by atoms with E-state index in [1.54, 1.807) is 6.20 Å². The monoisotopic (exact) mass is 273 g/mol. The highest BCUT2D eigenvalue weighted by Gasteiger charge is 2.13. The van der Waals surface area contributed by atoms with E-state index < -0.39 is 0 Å². The predicted molar refractivity (Wildman–Crippen MR) is 82.8 cm³/mol. The van der Waals surface area contributed by atoms with Gasteiger partial charge in [0, 0.05) is 18.0 Å². The molecule has 1 nitrogen and oxygen atoms in total. The van der Waals surface area contributed by atoms with Crippen LogP contribution in [0.3, 0.4) is 0 Å². The van der Waals surface area contributed by atoms with Crippen LogP contribution < -0.4 is 0 Å². The molecule has 0 saturated heterocycles. The standard InChI is InChI=1S/C17H20ClN/c1-4-5-6-14-8-7-12(2)13(3)17(14)15-11-19-10-9-16(15)18/h7-11H,4-6H2,1-3H3. The first-order valence-electron chi connectivity index (χ1n) is 6.84. The fraction of sp³-hybridized carbons (Fsp3) is 0.353. The summed E-state index contributed by atoms with van der Waals surface area (Å²) < 4.78 is 0. The van der Waals surface area contributed by atoms with E-state index in [0.29, 0.717) is 0 Å². The lowest BCUT2D eigenvalue weighted by Crippen LogP contribution is -1.97. The molecule has 0 unspecified atom stereocenters. The maximum absolute atomic E-state index is 6.35. The van der Waals surface area contributed by atoms with Crippen LogP contribution in [0.2, 0.25) is 5.02 Å². The van der Waals surface area contributed by atoms with Crippen molar-refractivity contribution in [2.24, 2.45) is 0 Å². The van der Waals surface area contributed by atoms with Gasteiger partial charge in [-0.3, -0.25) is 4.98 Å². The Morgan fingerprint density at radius 1 is 1.16 bits per heavy atom. The summed E-state index contributed by atoms with van der Waals surface area (Å²) in [5.41, 5.74) is 6.31. The molecule has 19 heavy (non-hydrogen) atoms. The Kier molecular flexibility index (Phi) is 4.60. The summed E-state index contributed by atoms with van der Waals surface area (Å²) in [6, 6.07) is 6.30. The molecule has 0 aliphatic carbocycles. The third-order valence-electron chi connectivity index (χ3n) is 3.66. The molecule has 0 fully saturated rings. The first kappa shape index (κ1) is 14.1. The van der Waals surface area contributed by atoms with Crippen molar-refractivity contribution in [1.29, 1.82) is 0 Å². The SMILES string of the molecule is CCCCc1ccc(C)c(C)c1-c1cnccc1Cl. The minimum Gasteiger partial charge on any atom is -0.264 e. The van der Waals surface area contributed by atoms with Crippen LogP contribution in [0.5, 0.6) is 0 Å². The Labute approximate surface area is 120 Å². The summed E-state index contributed by atoms with van der Waals surface area (Å²) in [6.45, 7) is 6.54. The highest BCUT2D eigenvalue weighted by molar-refractivity contribution is 6.33. The Morgan fingerprint density at radius 3 is 2.63 bits per heavy atom. The van der Waals surface area contributed by atoms with Crippen LogP contribution in [0.4, 0.5) is 0 Å². The van der Waals surface area contributed by atoms with Crippen LogP contribution in [0.25, 0.3) is 11.1 Å². The van der Waals surface area contributed by atoms with E-state index >= 15 is 0 Å². The highest BCUT2D eigenvalue weighted by Crippen LogP contribution is 2.34.